The summed E-state index contributed by atoms with van der Waals surface area (Å²) in [6, 6.07) is 15.9. The van der Waals surface area contributed by atoms with Gasteiger partial charge >= 0.3 is 0 Å². The van der Waals surface area contributed by atoms with E-state index in [0.717, 1.165) is 44.4 Å². The summed E-state index contributed by atoms with van der Waals surface area (Å²) in [5, 5.41) is 11.5. The van der Waals surface area contributed by atoms with Crippen LogP contribution in [0.2, 0.25) is 5.15 Å². The molecule has 5 heteroatoms. The van der Waals surface area contributed by atoms with Crippen LogP contribution >= 0.6 is 11.6 Å². The maximum atomic E-state index is 13.5. The van der Waals surface area contributed by atoms with Gasteiger partial charge < -0.3 is 5.11 Å². The van der Waals surface area contributed by atoms with Crippen molar-refractivity contribution in [3.05, 3.63) is 82.9 Å². The zero-order chi connectivity index (χ0) is 19.8. The van der Waals surface area contributed by atoms with Crippen molar-refractivity contribution >= 4 is 22.5 Å². The van der Waals surface area contributed by atoms with Crippen LogP contribution in [0.1, 0.15) is 24.2 Å². The quantitative estimate of drug-likeness (QED) is 0.427. The monoisotopic (exact) mass is 392 g/mol. The lowest BCUT2D eigenvalue weighted by molar-refractivity contribution is 0.201. The Labute approximate surface area is 167 Å². The molecule has 2 aromatic heterocycles. The predicted octanol–water partition coefficient (Wildman–Crippen LogP) is 6.12. The maximum Gasteiger partial charge on any atom is 0.129 e. The highest BCUT2D eigenvalue weighted by Crippen LogP contribution is 2.36. The summed E-state index contributed by atoms with van der Waals surface area (Å²) in [5.41, 5.74) is 5.82. The van der Waals surface area contributed by atoms with E-state index in [1.54, 1.807) is 31.3 Å². The summed E-state index contributed by atoms with van der Waals surface area (Å²) < 4.78 is 13.5. The molecule has 0 spiro atoms. The highest BCUT2D eigenvalue weighted by molar-refractivity contribution is 6.29. The Hall–Kier alpha value is -2.82. The molecule has 2 aromatic carbocycles. The number of aromatic nitrogens is 2. The minimum Gasteiger partial charge on any atom is -0.389 e. The third-order valence-corrected chi connectivity index (χ3v) is 4.92. The Morgan fingerprint density at radius 2 is 1.75 bits per heavy atom. The van der Waals surface area contributed by atoms with Crippen LogP contribution in [0, 0.1) is 12.7 Å². The number of benzene rings is 2. The summed E-state index contributed by atoms with van der Waals surface area (Å²) in [4.78, 5) is 8.95. The normalized spacial score (nSPS) is 12.3. The van der Waals surface area contributed by atoms with Crippen molar-refractivity contribution < 1.29 is 9.50 Å². The molecule has 140 valence electrons. The third-order valence-electron chi connectivity index (χ3n) is 4.72. The minimum absolute atomic E-state index is 0.300. The number of hydrogen-bond acceptors (Lipinski definition) is 3. The summed E-state index contributed by atoms with van der Waals surface area (Å²) in [7, 11) is 0. The van der Waals surface area contributed by atoms with E-state index in [1.165, 1.54) is 12.1 Å². The number of hydrogen-bond donors (Lipinski definition) is 1. The fourth-order valence-corrected chi connectivity index (χ4v) is 3.59. The van der Waals surface area contributed by atoms with E-state index in [2.05, 4.69) is 4.98 Å². The van der Waals surface area contributed by atoms with Gasteiger partial charge in [0.15, 0.2) is 0 Å². The Morgan fingerprint density at radius 1 is 1.00 bits per heavy atom. The summed E-state index contributed by atoms with van der Waals surface area (Å²) in [6.45, 7) is 3.71. The second-order valence-electron chi connectivity index (χ2n) is 6.86. The van der Waals surface area contributed by atoms with E-state index in [1.807, 2.05) is 31.2 Å². The largest absolute Gasteiger partial charge is 0.389 e. The van der Waals surface area contributed by atoms with Crippen molar-refractivity contribution in [2.24, 2.45) is 0 Å². The SMILES string of the molecule is Cc1cc(C(C)O)c2cc(-c3ccc(F)cc3)c(-c3ccnc(Cl)c3)nc2c1. The molecule has 1 N–H and O–H groups in total. The molecule has 0 amide bonds. The van der Waals surface area contributed by atoms with Crippen LogP contribution in [0.5, 0.6) is 0 Å². The Kier molecular flexibility index (Phi) is 4.84. The van der Waals surface area contributed by atoms with Crippen LogP contribution in [0.15, 0.2) is 60.8 Å². The molecule has 0 aliphatic rings. The lowest BCUT2D eigenvalue weighted by Gasteiger charge is -2.16. The summed E-state index contributed by atoms with van der Waals surface area (Å²) >= 11 is 6.10. The van der Waals surface area contributed by atoms with Gasteiger partial charge in [0.2, 0.25) is 0 Å². The number of nitrogens with zero attached hydrogens (tertiary/aromatic N) is 2. The van der Waals surface area contributed by atoms with E-state index in [4.69, 9.17) is 16.6 Å². The van der Waals surface area contributed by atoms with Crippen LogP contribution in [-0.2, 0) is 0 Å². The molecule has 0 saturated carbocycles. The fraction of sp³-hybridized carbons (Fsp3) is 0.130. The zero-order valence-corrected chi connectivity index (χ0v) is 16.2. The fourth-order valence-electron chi connectivity index (χ4n) is 3.41. The van der Waals surface area contributed by atoms with E-state index in [9.17, 15) is 9.50 Å². The average Bonchev–Trinajstić information content (AvgIpc) is 2.67. The van der Waals surface area contributed by atoms with Gasteiger partial charge in [-0.25, -0.2) is 14.4 Å². The number of pyridine rings is 2. The lowest BCUT2D eigenvalue weighted by atomic mass is 9.94. The average molecular weight is 393 g/mol. The van der Waals surface area contributed by atoms with Gasteiger partial charge in [0, 0.05) is 22.7 Å². The summed E-state index contributed by atoms with van der Waals surface area (Å²) in [5.74, 6) is -0.300. The molecule has 0 fully saturated rings. The molecule has 4 rings (SSSR count). The van der Waals surface area contributed by atoms with Gasteiger partial charge in [-0.3, -0.25) is 0 Å². The highest BCUT2D eigenvalue weighted by Gasteiger charge is 2.16. The van der Waals surface area contributed by atoms with E-state index in [-0.39, 0.29) is 5.82 Å². The molecular weight excluding hydrogens is 375 g/mol. The molecule has 4 aromatic rings. The minimum atomic E-state index is -0.633. The predicted molar refractivity (Wildman–Crippen MR) is 111 cm³/mol. The van der Waals surface area contributed by atoms with Crippen molar-refractivity contribution in [2.45, 2.75) is 20.0 Å². The first-order valence-corrected chi connectivity index (χ1v) is 9.31. The molecule has 28 heavy (non-hydrogen) atoms. The van der Waals surface area contributed by atoms with Gasteiger partial charge in [0.1, 0.15) is 11.0 Å². The lowest BCUT2D eigenvalue weighted by Crippen LogP contribution is -1.98. The third kappa shape index (κ3) is 3.49. The second kappa shape index (κ2) is 7.30. The van der Waals surface area contributed by atoms with Gasteiger partial charge in [-0.2, -0.15) is 0 Å². The molecule has 1 atom stereocenters. The van der Waals surface area contributed by atoms with Crippen LogP contribution < -0.4 is 0 Å². The first-order chi connectivity index (χ1) is 13.4. The number of aryl methyl sites for hydroxylation is 1. The Bertz CT molecular complexity index is 1170. The number of fused-ring (bicyclic) bond motifs is 1. The topological polar surface area (TPSA) is 46.0 Å². The van der Waals surface area contributed by atoms with Crippen molar-refractivity contribution in [3.8, 4) is 22.4 Å². The number of rotatable bonds is 3. The van der Waals surface area contributed by atoms with Crippen LogP contribution in [0.25, 0.3) is 33.3 Å². The number of aliphatic hydroxyl groups excluding tert-OH is 1. The smallest absolute Gasteiger partial charge is 0.129 e. The van der Waals surface area contributed by atoms with Gasteiger partial charge in [0.05, 0.1) is 17.3 Å². The number of aliphatic hydroxyl groups is 1. The van der Waals surface area contributed by atoms with E-state index in [0.29, 0.717) is 5.15 Å². The van der Waals surface area contributed by atoms with Crippen molar-refractivity contribution in [1.29, 1.82) is 0 Å². The van der Waals surface area contributed by atoms with Crippen LogP contribution in [0.3, 0.4) is 0 Å². The van der Waals surface area contributed by atoms with Crippen molar-refractivity contribution in [3.63, 3.8) is 0 Å². The standard InChI is InChI=1S/C23H18ClFN2O/c1-13-9-18(14(2)28)20-12-19(15-3-5-17(25)6-4-15)23(27-21(20)10-13)16-7-8-26-22(24)11-16/h3-12,14,28H,1-2H3. The first kappa shape index (κ1) is 18.5. The van der Waals surface area contributed by atoms with Gasteiger partial charge in [-0.1, -0.05) is 29.8 Å². The molecule has 0 saturated heterocycles. The molecule has 0 bridgehead atoms. The second-order valence-corrected chi connectivity index (χ2v) is 7.24. The molecule has 0 radical (unpaired) electrons. The highest BCUT2D eigenvalue weighted by atomic mass is 35.5. The van der Waals surface area contributed by atoms with Crippen LogP contribution in [-0.4, -0.2) is 15.1 Å². The zero-order valence-electron chi connectivity index (χ0n) is 15.4. The van der Waals surface area contributed by atoms with Gasteiger partial charge in [0.25, 0.3) is 0 Å². The van der Waals surface area contributed by atoms with Gasteiger partial charge in [-0.15, -0.1) is 0 Å². The Balaban J connectivity index is 2.08. The van der Waals surface area contributed by atoms with Crippen molar-refractivity contribution in [1.82, 2.24) is 9.97 Å². The molecule has 0 aliphatic heterocycles. The molecule has 1 unspecified atom stereocenters. The Morgan fingerprint density at radius 3 is 2.43 bits per heavy atom. The van der Waals surface area contributed by atoms with Crippen molar-refractivity contribution in [2.75, 3.05) is 0 Å². The maximum absolute atomic E-state index is 13.5. The molecule has 0 aliphatic carbocycles. The number of halogens is 2. The first-order valence-electron chi connectivity index (χ1n) is 8.93. The molecule has 2 heterocycles. The molecular formula is C23H18ClFN2O. The van der Waals surface area contributed by atoms with E-state index >= 15 is 0 Å². The summed E-state index contributed by atoms with van der Waals surface area (Å²) in [6.07, 6.45) is 1.00. The van der Waals surface area contributed by atoms with E-state index < -0.39 is 6.10 Å². The van der Waals surface area contributed by atoms with Crippen LogP contribution in [0.4, 0.5) is 4.39 Å². The molecule has 3 nitrogen and oxygen atoms in total. The van der Waals surface area contributed by atoms with Gasteiger partial charge in [-0.05, 0) is 66.9 Å².